The highest BCUT2D eigenvalue weighted by Gasteiger charge is 2.26. The van der Waals surface area contributed by atoms with Crippen LogP contribution in [0, 0.1) is 0 Å². The number of amides is 1. The van der Waals surface area contributed by atoms with E-state index in [4.69, 9.17) is 4.98 Å². The van der Waals surface area contributed by atoms with Gasteiger partial charge in [-0.1, -0.05) is 32.0 Å². The van der Waals surface area contributed by atoms with Crippen LogP contribution in [-0.2, 0) is 37.1 Å². The van der Waals surface area contributed by atoms with Crippen molar-refractivity contribution >= 4 is 33.1 Å². The summed E-state index contributed by atoms with van der Waals surface area (Å²) in [6.07, 6.45) is 6.19. The van der Waals surface area contributed by atoms with Gasteiger partial charge < -0.3 is 4.90 Å². The molecule has 1 aliphatic heterocycles. The molecule has 2 aromatic heterocycles. The highest BCUT2D eigenvalue weighted by Crippen LogP contribution is 2.34. The number of hydrogen-bond donors (Lipinski definition) is 0. The van der Waals surface area contributed by atoms with E-state index in [1.165, 1.54) is 22.4 Å². The first kappa shape index (κ1) is 22.3. The molecule has 174 valence electrons. The van der Waals surface area contributed by atoms with Crippen molar-refractivity contribution in [2.24, 2.45) is 0 Å². The lowest BCUT2D eigenvalue weighted by molar-refractivity contribution is -0.119. The zero-order valence-corrected chi connectivity index (χ0v) is 20.4. The zero-order chi connectivity index (χ0) is 22.9. The minimum Gasteiger partial charge on any atom is -0.311 e. The van der Waals surface area contributed by atoms with Crippen molar-refractivity contribution in [3.05, 3.63) is 56.4 Å². The fourth-order valence-corrected chi connectivity index (χ4v) is 6.50. The van der Waals surface area contributed by atoms with Crippen LogP contribution >= 0.6 is 11.3 Å². The van der Waals surface area contributed by atoms with Crippen molar-refractivity contribution in [3.8, 4) is 0 Å². The van der Waals surface area contributed by atoms with Crippen LogP contribution in [-0.4, -0.2) is 40.0 Å². The maximum atomic E-state index is 13.8. The van der Waals surface area contributed by atoms with Gasteiger partial charge in [0, 0.05) is 17.1 Å². The predicted octanol–water partition coefficient (Wildman–Crippen LogP) is 4.16. The third-order valence-electron chi connectivity index (χ3n) is 7.12. The van der Waals surface area contributed by atoms with Gasteiger partial charge in [0.05, 0.1) is 11.9 Å². The maximum Gasteiger partial charge on any atom is 0.263 e. The Morgan fingerprint density at radius 1 is 1.09 bits per heavy atom. The molecule has 0 atom stereocenters. The van der Waals surface area contributed by atoms with E-state index in [0.29, 0.717) is 18.9 Å². The van der Waals surface area contributed by atoms with Crippen LogP contribution in [0.4, 0.5) is 5.69 Å². The average molecular weight is 465 g/mol. The minimum atomic E-state index is -0.0415. The summed E-state index contributed by atoms with van der Waals surface area (Å²) in [5, 5.41) is 0.754. The number of carbonyl (C=O) groups excluding carboxylic acids is 1. The SMILES string of the molecule is CCN(CC)Cc1nc2sc3c(c2c(=O)n1CC(=O)N1CCCc2ccccc21)CCCC3. The fourth-order valence-electron chi connectivity index (χ4n) is 5.22. The van der Waals surface area contributed by atoms with Crippen molar-refractivity contribution in [2.75, 3.05) is 24.5 Å². The van der Waals surface area contributed by atoms with Crippen molar-refractivity contribution in [1.82, 2.24) is 14.5 Å². The predicted molar refractivity (Wildman–Crippen MR) is 134 cm³/mol. The second-order valence-electron chi connectivity index (χ2n) is 9.05. The zero-order valence-electron chi connectivity index (χ0n) is 19.6. The van der Waals surface area contributed by atoms with Gasteiger partial charge in [-0.25, -0.2) is 4.98 Å². The summed E-state index contributed by atoms with van der Waals surface area (Å²) in [7, 11) is 0. The van der Waals surface area contributed by atoms with Crippen molar-refractivity contribution < 1.29 is 4.79 Å². The summed E-state index contributed by atoms with van der Waals surface area (Å²) in [5.74, 6) is 0.670. The molecule has 0 spiro atoms. The van der Waals surface area contributed by atoms with Gasteiger partial charge in [-0.3, -0.25) is 19.1 Å². The molecule has 3 heterocycles. The van der Waals surface area contributed by atoms with Crippen LogP contribution in [0.2, 0.25) is 0 Å². The molecule has 0 unspecified atom stereocenters. The topological polar surface area (TPSA) is 58.4 Å². The van der Waals surface area contributed by atoms with Gasteiger partial charge in [0.2, 0.25) is 5.91 Å². The van der Waals surface area contributed by atoms with Crippen LogP contribution in [0.5, 0.6) is 0 Å². The second kappa shape index (κ2) is 9.39. The molecule has 3 aromatic rings. The van der Waals surface area contributed by atoms with Gasteiger partial charge in [0.1, 0.15) is 17.2 Å². The van der Waals surface area contributed by atoms with Crippen LogP contribution in [0.1, 0.15) is 54.9 Å². The molecule has 5 rings (SSSR count). The Kier molecular flexibility index (Phi) is 6.34. The van der Waals surface area contributed by atoms with Gasteiger partial charge in [-0.05, 0) is 68.8 Å². The van der Waals surface area contributed by atoms with E-state index >= 15 is 0 Å². The molecule has 7 heteroatoms. The van der Waals surface area contributed by atoms with E-state index < -0.39 is 0 Å². The Bertz CT molecular complexity index is 1240. The van der Waals surface area contributed by atoms with Gasteiger partial charge in [-0.15, -0.1) is 11.3 Å². The van der Waals surface area contributed by atoms with Crippen LogP contribution in [0.25, 0.3) is 10.2 Å². The molecule has 2 aliphatic rings. The third kappa shape index (κ3) is 4.13. The normalized spacial score (nSPS) is 15.7. The molecule has 0 bridgehead atoms. The average Bonchev–Trinajstić information content (AvgIpc) is 3.22. The summed E-state index contributed by atoms with van der Waals surface area (Å²) in [6.45, 7) is 7.29. The molecule has 0 saturated heterocycles. The molecule has 33 heavy (non-hydrogen) atoms. The number of para-hydroxylation sites is 1. The number of aryl methyl sites for hydroxylation is 3. The van der Waals surface area contributed by atoms with E-state index in [1.807, 2.05) is 23.1 Å². The molecule has 1 aromatic carbocycles. The highest BCUT2D eigenvalue weighted by atomic mass is 32.1. The highest BCUT2D eigenvalue weighted by molar-refractivity contribution is 7.18. The van der Waals surface area contributed by atoms with Crippen molar-refractivity contribution in [1.29, 1.82) is 0 Å². The van der Waals surface area contributed by atoms with E-state index in [1.54, 1.807) is 15.9 Å². The number of anilines is 1. The van der Waals surface area contributed by atoms with E-state index in [-0.39, 0.29) is 18.0 Å². The fraction of sp³-hybridized carbons (Fsp3) is 0.500. The summed E-state index contributed by atoms with van der Waals surface area (Å²) in [6, 6.07) is 8.12. The summed E-state index contributed by atoms with van der Waals surface area (Å²) in [5.41, 5.74) is 3.32. The molecule has 6 nitrogen and oxygen atoms in total. The Morgan fingerprint density at radius 3 is 2.70 bits per heavy atom. The van der Waals surface area contributed by atoms with Gasteiger partial charge >= 0.3 is 0 Å². The lowest BCUT2D eigenvalue weighted by Crippen LogP contribution is -2.41. The molecule has 1 amide bonds. The monoisotopic (exact) mass is 464 g/mol. The van der Waals surface area contributed by atoms with Gasteiger partial charge in [0.15, 0.2) is 0 Å². The largest absolute Gasteiger partial charge is 0.311 e. The van der Waals surface area contributed by atoms with Gasteiger partial charge in [-0.2, -0.15) is 0 Å². The molecule has 1 aliphatic carbocycles. The van der Waals surface area contributed by atoms with Crippen LogP contribution < -0.4 is 10.5 Å². The van der Waals surface area contributed by atoms with E-state index in [2.05, 4.69) is 24.8 Å². The number of thiophene rings is 1. The number of benzene rings is 1. The summed E-state index contributed by atoms with van der Waals surface area (Å²) < 4.78 is 1.67. The summed E-state index contributed by atoms with van der Waals surface area (Å²) in [4.78, 5) is 38.6. The third-order valence-corrected chi connectivity index (χ3v) is 8.30. The quantitative estimate of drug-likeness (QED) is 0.550. The molecule has 0 radical (unpaired) electrons. The van der Waals surface area contributed by atoms with Crippen LogP contribution in [0.3, 0.4) is 0 Å². The lowest BCUT2D eigenvalue weighted by atomic mass is 9.97. The number of hydrogen-bond acceptors (Lipinski definition) is 5. The van der Waals surface area contributed by atoms with Gasteiger partial charge in [0.25, 0.3) is 5.56 Å². The molecule has 0 saturated carbocycles. The van der Waals surface area contributed by atoms with Crippen LogP contribution in [0.15, 0.2) is 29.1 Å². The lowest BCUT2D eigenvalue weighted by Gasteiger charge is -2.30. The standard InChI is InChI=1S/C26H32N4O2S/c1-3-28(4-2)16-22-27-25-24(19-12-6-8-14-21(19)33-25)26(32)30(22)17-23(31)29-15-9-11-18-10-5-7-13-20(18)29/h5,7,10,13H,3-4,6,8-9,11-12,14-17H2,1-2H3. The Balaban J connectivity index is 1.58. The first-order valence-electron chi connectivity index (χ1n) is 12.2. The van der Waals surface area contributed by atoms with E-state index in [9.17, 15) is 9.59 Å². The molecular weight excluding hydrogens is 432 g/mol. The number of fused-ring (bicyclic) bond motifs is 4. The Labute approximate surface area is 198 Å². The smallest absolute Gasteiger partial charge is 0.263 e. The van der Waals surface area contributed by atoms with Crippen molar-refractivity contribution in [3.63, 3.8) is 0 Å². The molecular formula is C26H32N4O2S. The number of carbonyl (C=O) groups is 1. The van der Waals surface area contributed by atoms with E-state index in [0.717, 1.165) is 61.1 Å². The number of nitrogens with zero attached hydrogens (tertiary/aromatic N) is 4. The number of aromatic nitrogens is 2. The first-order valence-corrected chi connectivity index (χ1v) is 13.1. The maximum absolute atomic E-state index is 13.8. The minimum absolute atomic E-state index is 0.0321. The Hall–Kier alpha value is -2.51. The molecule has 0 N–H and O–H groups in total. The first-order chi connectivity index (χ1) is 16.1. The number of rotatable bonds is 6. The van der Waals surface area contributed by atoms with Crippen molar-refractivity contribution in [2.45, 2.75) is 65.5 Å². The summed E-state index contributed by atoms with van der Waals surface area (Å²) >= 11 is 1.68. The second-order valence-corrected chi connectivity index (χ2v) is 10.1. The molecule has 0 fully saturated rings. The Morgan fingerprint density at radius 2 is 1.88 bits per heavy atom.